The van der Waals surface area contributed by atoms with E-state index in [0.717, 1.165) is 44.9 Å². The van der Waals surface area contributed by atoms with Crippen molar-refractivity contribution in [2.75, 3.05) is 31.1 Å². The van der Waals surface area contributed by atoms with E-state index in [1.807, 2.05) is 0 Å². The SMILES string of the molecule is CCCCCc1noc(N2CCNCC2)c1CCCCC. The van der Waals surface area contributed by atoms with Crippen LogP contribution in [-0.2, 0) is 12.8 Å². The standard InChI is InChI=1S/C17H31N3O/c1-3-5-7-9-15-16(10-8-6-4-2)19-21-17(15)20-13-11-18-12-14-20/h18H,3-14H2,1-2H3. The fraction of sp³-hybridized carbons (Fsp3) is 0.824. The lowest BCUT2D eigenvalue weighted by Crippen LogP contribution is -2.43. The van der Waals surface area contributed by atoms with Crippen LogP contribution in [0.25, 0.3) is 0 Å². The lowest BCUT2D eigenvalue weighted by molar-refractivity contribution is 0.399. The minimum atomic E-state index is 1.03. The highest BCUT2D eigenvalue weighted by atomic mass is 16.5. The topological polar surface area (TPSA) is 41.3 Å². The van der Waals surface area contributed by atoms with Gasteiger partial charge in [-0.15, -0.1) is 0 Å². The Morgan fingerprint density at radius 1 is 1.00 bits per heavy atom. The average molecular weight is 293 g/mol. The number of rotatable bonds is 9. The number of unbranched alkanes of at least 4 members (excludes halogenated alkanes) is 4. The van der Waals surface area contributed by atoms with Crippen molar-refractivity contribution in [3.05, 3.63) is 11.3 Å². The maximum Gasteiger partial charge on any atom is 0.230 e. The largest absolute Gasteiger partial charge is 0.338 e. The van der Waals surface area contributed by atoms with Crippen LogP contribution in [0, 0.1) is 0 Å². The molecule has 1 aliphatic heterocycles. The van der Waals surface area contributed by atoms with Crippen molar-refractivity contribution in [3.8, 4) is 0 Å². The Balaban J connectivity index is 2.06. The van der Waals surface area contributed by atoms with Gasteiger partial charge in [0.05, 0.1) is 5.69 Å². The number of nitrogens with one attached hydrogen (secondary N) is 1. The Labute approximate surface area is 129 Å². The first kappa shape index (κ1) is 16.3. The molecule has 1 aromatic rings. The van der Waals surface area contributed by atoms with Gasteiger partial charge in [-0.25, -0.2) is 0 Å². The molecule has 0 saturated carbocycles. The summed E-state index contributed by atoms with van der Waals surface area (Å²) in [7, 11) is 0. The summed E-state index contributed by atoms with van der Waals surface area (Å²) in [6.45, 7) is 8.65. The van der Waals surface area contributed by atoms with Gasteiger partial charge in [-0.3, -0.25) is 0 Å². The molecular formula is C17H31N3O. The summed E-state index contributed by atoms with van der Waals surface area (Å²) >= 11 is 0. The molecule has 0 radical (unpaired) electrons. The van der Waals surface area contributed by atoms with Crippen LogP contribution < -0.4 is 10.2 Å². The van der Waals surface area contributed by atoms with Crippen molar-refractivity contribution >= 4 is 5.88 Å². The predicted octanol–water partition coefficient (Wildman–Crippen LogP) is 3.55. The van der Waals surface area contributed by atoms with Gasteiger partial charge in [0.15, 0.2) is 0 Å². The summed E-state index contributed by atoms with van der Waals surface area (Å²) in [5.41, 5.74) is 2.61. The second kappa shape index (κ2) is 9.08. The summed E-state index contributed by atoms with van der Waals surface area (Å²) in [6.07, 6.45) is 9.77. The number of hydrogen-bond acceptors (Lipinski definition) is 4. The lowest BCUT2D eigenvalue weighted by atomic mass is 10.0. The molecule has 1 fully saturated rings. The predicted molar refractivity (Wildman–Crippen MR) is 88.0 cm³/mol. The highest BCUT2D eigenvalue weighted by molar-refractivity contribution is 5.47. The van der Waals surface area contributed by atoms with E-state index in [1.165, 1.54) is 49.8 Å². The molecule has 0 atom stereocenters. The second-order valence-electron chi connectivity index (χ2n) is 6.06. The number of anilines is 1. The number of hydrogen-bond donors (Lipinski definition) is 1. The molecule has 120 valence electrons. The van der Waals surface area contributed by atoms with Gasteiger partial charge in [0.2, 0.25) is 5.88 Å². The first-order chi connectivity index (χ1) is 10.4. The van der Waals surface area contributed by atoms with Crippen molar-refractivity contribution < 1.29 is 4.52 Å². The van der Waals surface area contributed by atoms with Crippen molar-refractivity contribution in [2.24, 2.45) is 0 Å². The van der Waals surface area contributed by atoms with E-state index in [2.05, 4.69) is 29.2 Å². The highest BCUT2D eigenvalue weighted by Gasteiger charge is 2.22. The zero-order chi connectivity index (χ0) is 14.9. The quantitative estimate of drug-likeness (QED) is 0.707. The van der Waals surface area contributed by atoms with E-state index >= 15 is 0 Å². The van der Waals surface area contributed by atoms with E-state index in [9.17, 15) is 0 Å². The van der Waals surface area contributed by atoms with Crippen LogP contribution in [0.5, 0.6) is 0 Å². The van der Waals surface area contributed by atoms with Gasteiger partial charge in [-0.05, 0) is 25.7 Å². The van der Waals surface area contributed by atoms with Crippen LogP contribution in [0.1, 0.15) is 63.6 Å². The lowest BCUT2D eigenvalue weighted by Gasteiger charge is -2.27. The maximum atomic E-state index is 5.74. The van der Waals surface area contributed by atoms with Gasteiger partial charge in [-0.1, -0.05) is 44.7 Å². The molecule has 4 heteroatoms. The molecule has 2 heterocycles. The molecule has 2 rings (SSSR count). The fourth-order valence-corrected chi connectivity index (χ4v) is 2.99. The molecule has 4 nitrogen and oxygen atoms in total. The third-order valence-corrected chi connectivity index (χ3v) is 4.30. The van der Waals surface area contributed by atoms with Crippen LogP contribution in [0.3, 0.4) is 0 Å². The van der Waals surface area contributed by atoms with Gasteiger partial charge in [0.1, 0.15) is 0 Å². The smallest absolute Gasteiger partial charge is 0.230 e. The van der Waals surface area contributed by atoms with Crippen LogP contribution in [-0.4, -0.2) is 31.3 Å². The normalized spacial score (nSPS) is 15.6. The monoisotopic (exact) mass is 293 g/mol. The van der Waals surface area contributed by atoms with E-state index in [0.29, 0.717) is 0 Å². The third-order valence-electron chi connectivity index (χ3n) is 4.30. The molecule has 0 unspecified atom stereocenters. The molecule has 21 heavy (non-hydrogen) atoms. The molecule has 1 aliphatic rings. The molecule has 0 aliphatic carbocycles. The minimum Gasteiger partial charge on any atom is -0.338 e. The van der Waals surface area contributed by atoms with Crippen molar-refractivity contribution in [3.63, 3.8) is 0 Å². The van der Waals surface area contributed by atoms with E-state index < -0.39 is 0 Å². The number of nitrogens with zero attached hydrogens (tertiary/aromatic N) is 2. The average Bonchev–Trinajstić information content (AvgIpc) is 2.92. The summed E-state index contributed by atoms with van der Waals surface area (Å²) in [5.74, 6) is 1.05. The van der Waals surface area contributed by atoms with Crippen LogP contribution >= 0.6 is 0 Å². The first-order valence-electron chi connectivity index (χ1n) is 8.79. The Hall–Kier alpha value is -1.03. The summed E-state index contributed by atoms with van der Waals surface area (Å²) in [6, 6.07) is 0. The Bertz CT molecular complexity index is 397. The summed E-state index contributed by atoms with van der Waals surface area (Å²) in [5, 5.41) is 7.81. The summed E-state index contributed by atoms with van der Waals surface area (Å²) < 4.78 is 5.74. The highest BCUT2D eigenvalue weighted by Crippen LogP contribution is 2.27. The molecule has 1 N–H and O–H groups in total. The maximum absolute atomic E-state index is 5.74. The number of aryl methyl sites for hydroxylation is 1. The Morgan fingerprint density at radius 2 is 1.67 bits per heavy atom. The van der Waals surface area contributed by atoms with Crippen molar-refractivity contribution in [2.45, 2.75) is 65.2 Å². The molecule has 0 amide bonds. The molecule has 0 bridgehead atoms. The van der Waals surface area contributed by atoms with Crippen LogP contribution in [0.15, 0.2) is 4.52 Å². The second-order valence-corrected chi connectivity index (χ2v) is 6.06. The fourth-order valence-electron chi connectivity index (χ4n) is 2.99. The number of piperazine rings is 1. The van der Waals surface area contributed by atoms with Gasteiger partial charge >= 0.3 is 0 Å². The van der Waals surface area contributed by atoms with Gasteiger partial charge in [0, 0.05) is 31.7 Å². The molecule has 0 spiro atoms. The molecular weight excluding hydrogens is 262 g/mol. The number of aromatic nitrogens is 1. The van der Waals surface area contributed by atoms with Crippen LogP contribution in [0.4, 0.5) is 5.88 Å². The minimum absolute atomic E-state index is 1.03. The van der Waals surface area contributed by atoms with Crippen molar-refractivity contribution in [1.29, 1.82) is 0 Å². The van der Waals surface area contributed by atoms with Crippen molar-refractivity contribution in [1.82, 2.24) is 10.5 Å². The third kappa shape index (κ3) is 4.73. The Morgan fingerprint density at radius 3 is 2.33 bits per heavy atom. The summed E-state index contributed by atoms with van der Waals surface area (Å²) in [4.78, 5) is 2.37. The zero-order valence-corrected chi connectivity index (χ0v) is 13.8. The van der Waals surface area contributed by atoms with E-state index in [4.69, 9.17) is 4.52 Å². The van der Waals surface area contributed by atoms with E-state index in [1.54, 1.807) is 0 Å². The first-order valence-corrected chi connectivity index (χ1v) is 8.79. The van der Waals surface area contributed by atoms with Gasteiger partial charge in [0.25, 0.3) is 0 Å². The van der Waals surface area contributed by atoms with Crippen LogP contribution in [0.2, 0.25) is 0 Å². The molecule has 1 saturated heterocycles. The van der Waals surface area contributed by atoms with Gasteiger partial charge in [-0.2, -0.15) is 0 Å². The van der Waals surface area contributed by atoms with Gasteiger partial charge < -0.3 is 14.7 Å². The molecule has 1 aromatic heterocycles. The zero-order valence-electron chi connectivity index (χ0n) is 13.8. The Kier molecular flexibility index (Phi) is 7.07. The van der Waals surface area contributed by atoms with E-state index in [-0.39, 0.29) is 0 Å². The molecule has 0 aromatic carbocycles.